The number of nitrogens with zero attached hydrogens (tertiary/aromatic N) is 1. The average Bonchev–Trinajstić information content (AvgIpc) is 2.87. The van der Waals surface area contributed by atoms with E-state index in [2.05, 4.69) is 0 Å². The summed E-state index contributed by atoms with van der Waals surface area (Å²) >= 11 is 6.35. The molecule has 0 radical (unpaired) electrons. The Morgan fingerprint density at radius 1 is 1.29 bits per heavy atom. The third kappa shape index (κ3) is 2.86. The molecule has 0 bridgehead atoms. The SMILES string of the molecule is COC(=O)c1c(Cl)c2ccccc2n1-c1ccc(CN)c(F)c1.Cl. The van der Waals surface area contributed by atoms with Crippen LogP contribution in [0.15, 0.2) is 42.5 Å². The lowest BCUT2D eigenvalue weighted by Gasteiger charge is -2.11. The van der Waals surface area contributed by atoms with E-state index in [0.717, 1.165) is 0 Å². The number of esters is 1. The summed E-state index contributed by atoms with van der Waals surface area (Å²) in [6.07, 6.45) is 0. The maximum absolute atomic E-state index is 14.1. The van der Waals surface area contributed by atoms with Crippen molar-refractivity contribution in [2.45, 2.75) is 6.54 Å². The molecule has 24 heavy (non-hydrogen) atoms. The fourth-order valence-electron chi connectivity index (χ4n) is 2.59. The molecule has 1 aromatic heterocycles. The van der Waals surface area contributed by atoms with Crippen molar-refractivity contribution in [1.82, 2.24) is 4.57 Å². The molecule has 3 aromatic rings. The van der Waals surface area contributed by atoms with Gasteiger partial charge in [-0.3, -0.25) is 0 Å². The molecule has 0 amide bonds. The Bertz CT molecular complexity index is 909. The molecule has 0 unspecified atom stereocenters. The van der Waals surface area contributed by atoms with Gasteiger partial charge in [-0.25, -0.2) is 9.18 Å². The lowest BCUT2D eigenvalue weighted by molar-refractivity contribution is 0.0592. The summed E-state index contributed by atoms with van der Waals surface area (Å²) in [5, 5.41) is 0.966. The maximum Gasteiger partial charge on any atom is 0.356 e. The van der Waals surface area contributed by atoms with Gasteiger partial charge in [0.15, 0.2) is 5.69 Å². The largest absolute Gasteiger partial charge is 0.464 e. The summed E-state index contributed by atoms with van der Waals surface area (Å²) in [4.78, 5) is 12.2. The highest BCUT2D eigenvalue weighted by Crippen LogP contribution is 2.34. The van der Waals surface area contributed by atoms with E-state index in [9.17, 15) is 9.18 Å². The Balaban J connectivity index is 0.00000208. The lowest BCUT2D eigenvalue weighted by atomic mass is 10.2. The molecule has 2 N–H and O–H groups in total. The Kier molecular flexibility index (Phi) is 5.49. The van der Waals surface area contributed by atoms with Crippen molar-refractivity contribution in [1.29, 1.82) is 0 Å². The second-order valence-electron chi connectivity index (χ2n) is 4.99. The Morgan fingerprint density at radius 3 is 2.62 bits per heavy atom. The molecule has 126 valence electrons. The number of halogens is 3. The first kappa shape index (κ1) is 18.3. The normalized spacial score (nSPS) is 10.5. The number of para-hydroxylation sites is 1. The highest BCUT2D eigenvalue weighted by molar-refractivity contribution is 6.38. The van der Waals surface area contributed by atoms with Gasteiger partial charge >= 0.3 is 5.97 Å². The predicted molar refractivity (Wildman–Crippen MR) is 94.7 cm³/mol. The lowest BCUT2D eigenvalue weighted by Crippen LogP contribution is -2.10. The standard InChI is InChI=1S/C17H14ClFN2O2.ClH/c1-23-17(22)16-15(18)12-4-2-3-5-14(12)21(16)11-7-6-10(9-20)13(19)8-11;/h2-8H,9,20H2,1H3;1H. The van der Waals surface area contributed by atoms with Crippen molar-refractivity contribution in [2.24, 2.45) is 5.73 Å². The Labute approximate surface area is 149 Å². The molecule has 0 atom stereocenters. The van der Waals surface area contributed by atoms with E-state index in [1.165, 1.54) is 13.2 Å². The van der Waals surface area contributed by atoms with E-state index in [0.29, 0.717) is 22.2 Å². The molecule has 0 saturated carbocycles. The van der Waals surface area contributed by atoms with Crippen molar-refractivity contribution >= 4 is 40.9 Å². The predicted octanol–water partition coefficient (Wildman–Crippen LogP) is 4.09. The third-order valence-corrected chi connectivity index (χ3v) is 4.09. The van der Waals surface area contributed by atoms with Gasteiger partial charge in [-0.05, 0) is 18.2 Å². The maximum atomic E-state index is 14.1. The van der Waals surface area contributed by atoms with Crippen LogP contribution < -0.4 is 5.73 Å². The number of ether oxygens (including phenoxy) is 1. The van der Waals surface area contributed by atoms with E-state index < -0.39 is 11.8 Å². The summed E-state index contributed by atoms with van der Waals surface area (Å²) in [6.45, 7) is 0.100. The molecule has 0 saturated heterocycles. The van der Waals surface area contributed by atoms with Crippen LogP contribution in [0.2, 0.25) is 5.02 Å². The monoisotopic (exact) mass is 368 g/mol. The van der Waals surface area contributed by atoms with Crippen LogP contribution in [-0.4, -0.2) is 17.6 Å². The minimum absolute atomic E-state index is 0. The number of carbonyl (C=O) groups excluding carboxylic acids is 1. The number of benzene rings is 2. The highest BCUT2D eigenvalue weighted by atomic mass is 35.5. The molecule has 0 aliphatic rings. The van der Waals surface area contributed by atoms with Gasteiger partial charge in [-0.1, -0.05) is 35.9 Å². The van der Waals surface area contributed by atoms with Gasteiger partial charge in [0.25, 0.3) is 0 Å². The minimum atomic E-state index is -0.588. The Morgan fingerprint density at radius 2 is 2.00 bits per heavy atom. The quantitative estimate of drug-likeness (QED) is 0.708. The van der Waals surface area contributed by atoms with Crippen LogP contribution in [0.3, 0.4) is 0 Å². The number of hydrogen-bond donors (Lipinski definition) is 1. The third-order valence-electron chi connectivity index (χ3n) is 3.71. The molecule has 0 spiro atoms. The zero-order valence-electron chi connectivity index (χ0n) is 12.8. The summed E-state index contributed by atoms with van der Waals surface area (Å²) < 4.78 is 20.5. The van der Waals surface area contributed by atoms with Crippen LogP contribution in [0.5, 0.6) is 0 Å². The molecule has 0 aliphatic carbocycles. The molecule has 7 heteroatoms. The molecule has 1 heterocycles. The van der Waals surface area contributed by atoms with Gasteiger partial charge in [-0.15, -0.1) is 12.4 Å². The molecule has 3 rings (SSSR count). The van der Waals surface area contributed by atoms with Crippen LogP contribution >= 0.6 is 24.0 Å². The van der Waals surface area contributed by atoms with Gasteiger partial charge in [0.2, 0.25) is 0 Å². The first-order valence-corrected chi connectivity index (χ1v) is 7.32. The number of nitrogens with two attached hydrogens (primary N) is 1. The fraction of sp³-hybridized carbons (Fsp3) is 0.118. The van der Waals surface area contributed by atoms with Gasteiger partial charge in [0.05, 0.1) is 17.6 Å². The van der Waals surface area contributed by atoms with Crippen molar-refractivity contribution < 1.29 is 13.9 Å². The van der Waals surface area contributed by atoms with Gasteiger partial charge < -0.3 is 15.0 Å². The number of carbonyl (C=O) groups is 1. The smallest absolute Gasteiger partial charge is 0.356 e. The van der Waals surface area contributed by atoms with Crippen LogP contribution in [0.25, 0.3) is 16.6 Å². The molecular weight excluding hydrogens is 354 g/mol. The van der Waals surface area contributed by atoms with E-state index >= 15 is 0 Å². The fourth-order valence-corrected chi connectivity index (χ4v) is 2.91. The first-order valence-electron chi connectivity index (χ1n) is 6.94. The summed E-state index contributed by atoms with van der Waals surface area (Å²) in [5.74, 6) is -1.02. The minimum Gasteiger partial charge on any atom is -0.464 e. The zero-order valence-corrected chi connectivity index (χ0v) is 14.3. The molecule has 2 aromatic carbocycles. The van der Waals surface area contributed by atoms with Crippen molar-refractivity contribution in [3.05, 3.63) is 64.6 Å². The number of aromatic nitrogens is 1. The van der Waals surface area contributed by atoms with E-state index in [1.54, 1.807) is 22.8 Å². The van der Waals surface area contributed by atoms with E-state index in [1.807, 2.05) is 18.2 Å². The van der Waals surface area contributed by atoms with Crippen LogP contribution in [0, 0.1) is 5.82 Å². The van der Waals surface area contributed by atoms with Gasteiger partial charge in [-0.2, -0.15) is 0 Å². The highest BCUT2D eigenvalue weighted by Gasteiger charge is 2.23. The van der Waals surface area contributed by atoms with Crippen molar-refractivity contribution in [3.8, 4) is 5.69 Å². The average molecular weight is 369 g/mol. The van der Waals surface area contributed by atoms with E-state index in [4.69, 9.17) is 22.1 Å². The first-order chi connectivity index (χ1) is 11.1. The number of fused-ring (bicyclic) bond motifs is 1. The second-order valence-corrected chi connectivity index (χ2v) is 5.36. The topological polar surface area (TPSA) is 57.2 Å². The summed E-state index contributed by atoms with van der Waals surface area (Å²) in [5.41, 5.74) is 7.22. The summed E-state index contributed by atoms with van der Waals surface area (Å²) in [6, 6.07) is 11.9. The molecular formula is C17H15Cl2FN2O2. The second kappa shape index (κ2) is 7.21. The summed E-state index contributed by atoms with van der Waals surface area (Å²) in [7, 11) is 1.28. The molecule has 4 nitrogen and oxygen atoms in total. The van der Waals surface area contributed by atoms with Gasteiger partial charge in [0, 0.05) is 23.2 Å². The van der Waals surface area contributed by atoms with Crippen molar-refractivity contribution in [3.63, 3.8) is 0 Å². The molecule has 0 aliphatic heterocycles. The van der Waals surface area contributed by atoms with Crippen molar-refractivity contribution in [2.75, 3.05) is 7.11 Å². The van der Waals surface area contributed by atoms with Crippen LogP contribution in [-0.2, 0) is 11.3 Å². The number of hydrogen-bond acceptors (Lipinski definition) is 3. The van der Waals surface area contributed by atoms with Gasteiger partial charge in [0.1, 0.15) is 5.82 Å². The van der Waals surface area contributed by atoms with Crippen LogP contribution in [0.1, 0.15) is 16.1 Å². The van der Waals surface area contributed by atoms with E-state index in [-0.39, 0.29) is 29.7 Å². The zero-order chi connectivity index (χ0) is 16.6. The number of methoxy groups -OCH3 is 1. The molecule has 0 fully saturated rings. The number of rotatable bonds is 3. The Hall–Kier alpha value is -2.08. The van der Waals surface area contributed by atoms with Crippen LogP contribution in [0.4, 0.5) is 4.39 Å².